The van der Waals surface area contributed by atoms with Crippen molar-refractivity contribution in [1.82, 2.24) is 0 Å². The molecule has 0 spiro atoms. The first-order valence-electron chi connectivity index (χ1n) is 6.21. The lowest BCUT2D eigenvalue weighted by Crippen LogP contribution is -1.75. The van der Waals surface area contributed by atoms with Gasteiger partial charge in [-0.25, -0.2) is 0 Å². The highest BCUT2D eigenvalue weighted by molar-refractivity contribution is 9.10. The van der Waals surface area contributed by atoms with Crippen molar-refractivity contribution < 1.29 is 9.90 Å². The number of carbonyl (C=O) groups is 1. The molecule has 2 rings (SSSR count). The summed E-state index contributed by atoms with van der Waals surface area (Å²) in [5.41, 5.74) is 1.77. The number of aliphatic hydroxyl groups excluding tert-OH is 1. The molecule has 2 aromatic carbocycles. The predicted octanol–water partition coefficient (Wildman–Crippen LogP) is 3.79. The molecule has 0 saturated carbocycles. The number of hydrogen-bond acceptors (Lipinski definition) is 2. The number of hydrogen-bond donors (Lipinski definition) is 1. The van der Waals surface area contributed by atoms with E-state index in [2.05, 4.69) is 55.5 Å². The molecule has 0 saturated heterocycles. The third-order valence-corrected chi connectivity index (χ3v) is 3.33. The third-order valence-electron chi connectivity index (χ3n) is 2.28. The fraction of sp³-hybridized carbons (Fsp3) is 0.0556. The van der Waals surface area contributed by atoms with Crippen molar-refractivity contribution in [2.75, 3.05) is 6.61 Å². The lowest BCUT2D eigenvalue weighted by molar-refractivity contribution is -0.103. The standard InChI is InChI=1S/C9H7BrO.C9H5BrO/c2*10-9-5-3-8(4-6-9)2-1-7-11/h3-6,11H,7H2;3-7H. The Balaban J connectivity index is 0.000000220. The van der Waals surface area contributed by atoms with Crippen LogP contribution in [0.3, 0.4) is 0 Å². The van der Waals surface area contributed by atoms with Crippen LogP contribution in [0.1, 0.15) is 11.1 Å². The molecule has 0 radical (unpaired) electrons. The highest BCUT2D eigenvalue weighted by atomic mass is 79.9. The molecule has 0 amide bonds. The molecule has 0 unspecified atom stereocenters. The minimum absolute atomic E-state index is 0.0872. The average molecular weight is 420 g/mol. The van der Waals surface area contributed by atoms with Gasteiger partial charge in [-0.2, -0.15) is 0 Å². The van der Waals surface area contributed by atoms with Crippen LogP contribution >= 0.6 is 31.9 Å². The van der Waals surface area contributed by atoms with E-state index in [4.69, 9.17) is 5.11 Å². The van der Waals surface area contributed by atoms with E-state index >= 15 is 0 Å². The maximum absolute atomic E-state index is 9.86. The van der Waals surface area contributed by atoms with Crippen molar-refractivity contribution >= 4 is 38.1 Å². The van der Waals surface area contributed by atoms with Gasteiger partial charge in [0.15, 0.2) is 6.29 Å². The molecule has 0 aliphatic carbocycles. The zero-order valence-electron chi connectivity index (χ0n) is 11.5. The summed E-state index contributed by atoms with van der Waals surface area (Å²) in [5, 5.41) is 8.40. The highest BCUT2D eigenvalue weighted by Crippen LogP contribution is 2.09. The van der Waals surface area contributed by atoms with E-state index in [1.807, 2.05) is 48.5 Å². The van der Waals surface area contributed by atoms with Crippen LogP contribution in [0.4, 0.5) is 0 Å². The first-order chi connectivity index (χ1) is 10.7. The van der Waals surface area contributed by atoms with E-state index in [1.54, 1.807) is 0 Å². The zero-order chi connectivity index (χ0) is 16.2. The molecule has 0 aromatic heterocycles. The predicted molar refractivity (Wildman–Crippen MR) is 95.2 cm³/mol. The van der Waals surface area contributed by atoms with E-state index in [-0.39, 0.29) is 6.61 Å². The summed E-state index contributed by atoms with van der Waals surface area (Å²) >= 11 is 6.61. The summed E-state index contributed by atoms with van der Waals surface area (Å²) in [4.78, 5) is 9.86. The Labute approximate surface area is 146 Å². The van der Waals surface area contributed by atoms with Crippen molar-refractivity contribution in [2.45, 2.75) is 0 Å². The summed E-state index contributed by atoms with van der Waals surface area (Å²) < 4.78 is 2.04. The molecule has 0 bridgehead atoms. The second-order valence-electron chi connectivity index (χ2n) is 3.86. The molecule has 110 valence electrons. The summed E-state index contributed by atoms with van der Waals surface area (Å²) in [5.74, 6) is 10.4. The minimum Gasteiger partial charge on any atom is -0.384 e. The Hall–Kier alpha value is -1.85. The van der Waals surface area contributed by atoms with E-state index < -0.39 is 0 Å². The number of carbonyl (C=O) groups excluding carboxylic acids is 1. The van der Waals surface area contributed by atoms with Crippen molar-refractivity contribution in [3.8, 4) is 23.7 Å². The molecule has 0 aliphatic rings. The number of rotatable bonds is 0. The van der Waals surface area contributed by atoms with E-state index in [0.717, 1.165) is 20.1 Å². The average Bonchev–Trinajstić information content (AvgIpc) is 2.54. The van der Waals surface area contributed by atoms with Crippen LogP contribution in [0.25, 0.3) is 0 Å². The van der Waals surface area contributed by atoms with Gasteiger partial charge in [-0.15, -0.1) is 0 Å². The SMILES string of the molecule is O=CC#Cc1ccc(Br)cc1.OCC#Cc1ccc(Br)cc1. The minimum atomic E-state index is -0.0872. The lowest BCUT2D eigenvalue weighted by Gasteiger charge is -1.89. The molecule has 0 heterocycles. The Bertz CT molecular complexity index is 712. The maximum Gasteiger partial charge on any atom is 0.193 e. The normalized spacial score (nSPS) is 8.32. The van der Waals surface area contributed by atoms with Gasteiger partial charge in [-0.3, -0.25) is 4.79 Å². The first kappa shape index (κ1) is 18.2. The fourth-order valence-electron chi connectivity index (χ4n) is 1.32. The van der Waals surface area contributed by atoms with E-state index in [9.17, 15) is 4.79 Å². The smallest absolute Gasteiger partial charge is 0.193 e. The van der Waals surface area contributed by atoms with Gasteiger partial charge in [0.05, 0.1) is 0 Å². The van der Waals surface area contributed by atoms with Gasteiger partial charge in [0, 0.05) is 20.1 Å². The van der Waals surface area contributed by atoms with Crippen LogP contribution in [0.5, 0.6) is 0 Å². The molecular weight excluding hydrogens is 408 g/mol. The molecule has 0 atom stereocenters. The Morgan fingerprint density at radius 1 is 0.864 bits per heavy atom. The molecule has 0 fully saturated rings. The summed E-state index contributed by atoms with van der Waals surface area (Å²) in [6.45, 7) is -0.0872. The lowest BCUT2D eigenvalue weighted by atomic mass is 10.2. The van der Waals surface area contributed by atoms with Crippen LogP contribution in [0.2, 0.25) is 0 Å². The van der Waals surface area contributed by atoms with Crippen LogP contribution in [-0.4, -0.2) is 18.0 Å². The Morgan fingerprint density at radius 2 is 1.32 bits per heavy atom. The van der Waals surface area contributed by atoms with Crippen LogP contribution in [-0.2, 0) is 4.79 Å². The van der Waals surface area contributed by atoms with Gasteiger partial charge >= 0.3 is 0 Å². The summed E-state index contributed by atoms with van der Waals surface area (Å²) in [7, 11) is 0. The maximum atomic E-state index is 9.86. The summed E-state index contributed by atoms with van der Waals surface area (Å²) in [6.07, 6.45) is 0.585. The molecule has 4 heteroatoms. The van der Waals surface area contributed by atoms with Crippen LogP contribution in [0.15, 0.2) is 57.5 Å². The number of benzene rings is 2. The quantitative estimate of drug-likeness (QED) is 0.521. The van der Waals surface area contributed by atoms with Crippen molar-refractivity contribution in [3.05, 3.63) is 68.6 Å². The number of aldehydes is 1. The topological polar surface area (TPSA) is 37.3 Å². The Morgan fingerprint density at radius 3 is 1.73 bits per heavy atom. The van der Waals surface area contributed by atoms with Crippen molar-refractivity contribution in [1.29, 1.82) is 0 Å². The second-order valence-corrected chi connectivity index (χ2v) is 5.69. The zero-order valence-corrected chi connectivity index (χ0v) is 14.7. The van der Waals surface area contributed by atoms with E-state index in [1.165, 1.54) is 0 Å². The molecule has 2 nitrogen and oxygen atoms in total. The monoisotopic (exact) mass is 418 g/mol. The van der Waals surface area contributed by atoms with Gasteiger partial charge in [-0.1, -0.05) is 49.6 Å². The molecule has 2 aromatic rings. The number of aliphatic hydroxyl groups is 1. The second kappa shape index (κ2) is 10.8. The van der Waals surface area contributed by atoms with Gasteiger partial charge in [0.25, 0.3) is 0 Å². The van der Waals surface area contributed by atoms with Crippen LogP contribution < -0.4 is 0 Å². The van der Waals surface area contributed by atoms with Crippen LogP contribution in [0, 0.1) is 23.7 Å². The Kier molecular flexibility index (Phi) is 8.95. The van der Waals surface area contributed by atoms with Gasteiger partial charge in [0.1, 0.15) is 6.61 Å². The highest BCUT2D eigenvalue weighted by Gasteiger charge is 1.86. The van der Waals surface area contributed by atoms with Crippen molar-refractivity contribution in [3.63, 3.8) is 0 Å². The molecular formula is C18H12Br2O2. The van der Waals surface area contributed by atoms with Gasteiger partial charge in [0.2, 0.25) is 0 Å². The fourth-order valence-corrected chi connectivity index (χ4v) is 1.85. The van der Waals surface area contributed by atoms with Crippen molar-refractivity contribution in [2.24, 2.45) is 0 Å². The largest absolute Gasteiger partial charge is 0.384 e. The third kappa shape index (κ3) is 7.81. The molecule has 0 aliphatic heterocycles. The molecule has 1 N–H and O–H groups in total. The van der Waals surface area contributed by atoms with E-state index in [0.29, 0.717) is 6.29 Å². The number of halogens is 2. The van der Waals surface area contributed by atoms with Gasteiger partial charge in [-0.05, 0) is 54.5 Å². The first-order valence-corrected chi connectivity index (χ1v) is 7.80. The summed E-state index contributed by atoms with van der Waals surface area (Å²) in [6, 6.07) is 15.1. The van der Waals surface area contributed by atoms with Gasteiger partial charge < -0.3 is 5.11 Å². The molecule has 22 heavy (non-hydrogen) atoms.